The van der Waals surface area contributed by atoms with Gasteiger partial charge >= 0.3 is 0 Å². The molecule has 6 heteroatoms. The van der Waals surface area contributed by atoms with Crippen LogP contribution in [-0.2, 0) is 17.8 Å². The van der Waals surface area contributed by atoms with Crippen LogP contribution < -0.4 is 4.90 Å². The number of carbonyl (C=O) groups excluding carboxylic acids is 2. The Kier molecular flexibility index (Phi) is 7.01. The fourth-order valence-electron chi connectivity index (χ4n) is 3.19. The first-order valence-electron chi connectivity index (χ1n) is 9.90. The van der Waals surface area contributed by atoms with Gasteiger partial charge in [0.1, 0.15) is 5.82 Å². The number of nitrogens with zero attached hydrogens (tertiary/aromatic N) is 2. The summed E-state index contributed by atoms with van der Waals surface area (Å²) in [5, 5.41) is 0. The van der Waals surface area contributed by atoms with Crippen molar-refractivity contribution in [2.45, 2.75) is 26.3 Å². The van der Waals surface area contributed by atoms with Crippen molar-refractivity contribution in [1.82, 2.24) is 4.90 Å². The molecule has 0 bridgehead atoms. The summed E-state index contributed by atoms with van der Waals surface area (Å²) in [7, 11) is 1.79. The van der Waals surface area contributed by atoms with Crippen LogP contribution in [0, 0.1) is 5.82 Å². The maximum Gasteiger partial charge on any atom is 0.294 e. The smallest absolute Gasteiger partial charge is 0.294 e. The highest BCUT2D eigenvalue weighted by atomic mass is 19.1. The summed E-state index contributed by atoms with van der Waals surface area (Å²) >= 11 is 0. The third kappa shape index (κ3) is 5.35. The summed E-state index contributed by atoms with van der Waals surface area (Å²) in [6.45, 7) is 2.94. The van der Waals surface area contributed by atoms with Gasteiger partial charge in [-0.3, -0.25) is 9.59 Å². The number of likely N-dealkylation sites (N-methyl/N-ethyl adjacent to an activating group) is 1. The lowest BCUT2D eigenvalue weighted by Crippen LogP contribution is -2.30. The van der Waals surface area contributed by atoms with Crippen LogP contribution in [0.3, 0.4) is 0 Å². The van der Waals surface area contributed by atoms with E-state index in [2.05, 4.69) is 0 Å². The fraction of sp³-hybridized carbons (Fsp3) is 0.250. The van der Waals surface area contributed by atoms with Gasteiger partial charge in [-0.15, -0.1) is 0 Å². The molecule has 2 amide bonds. The largest absolute Gasteiger partial charge is 0.459 e. The number of amides is 2. The van der Waals surface area contributed by atoms with Crippen molar-refractivity contribution in [1.29, 1.82) is 0 Å². The van der Waals surface area contributed by atoms with Gasteiger partial charge in [0.05, 0.1) is 19.2 Å². The first-order valence-corrected chi connectivity index (χ1v) is 9.90. The van der Waals surface area contributed by atoms with Crippen molar-refractivity contribution in [3.63, 3.8) is 0 Å². The van der Waals surface area contributed by atoms with E-state index in [-0.39, 0.29) is 29.9 Å². The van der Waals surface area contributed by atoms with E-state index in [1.165, 1.54) is 23.3 Å². The van der Waals surface area contributed by atoms with Crippen LogP contribution in [0.2, 0.25) is 0 Å². The third-order valence-corrected chi connectivity index (χ3v) is 4.79. The minimum Gasteiger partial charge on any atom is -0.459 e. The summed E-state index contributed by atoms with van der Waals surface area (Å²) in [6, 6.07) is 16.6. The van der Waals surface area contributed by atoms with Crippen LogP contribution in [0.1, 0.15) is 35.0 Å². The molecule has 0 saturated carbocycles. The lowest BCUT2D eigenvalue weighted by atomic mass is 10.1. The highest BCUT2D eigenvalue weighted by molar-refractivity contribution is 6.04. The Hall–Kier alpha value is -3.41. The average Bonchev–Trinajstić information content (AvgIpc) is 3.27. The van der Waals surface area contributed by atoms with E-state index in [1.54, 1.807) is 48.3 Å². The van der Waals surface area contributed by atoms with Crippen molar-refractivity contribution in [2.24, 2.45) is 0 Å². The molecule has 156 valence electrons. The molecule has 1 heterocycles. The summed E-state index contributed by atoms with van der Waals surface area (Å²) in [4.78, 5) is 28.5. The number of rotatable bonds is 8. The maximum atomic E-state index is 13.6. The zero-order chi connectivity index (χ0) is 21.5. The van der Waals surface area contributed by atoms with Crippen molar-refractivity contribution in [2.75, 3.05) is 18.5 Å². The van der Waals surface area contributed by atoms with Gasteiger partial charge in [-0.2, -0.15) is 0 Å². The second kappa shape index (κ2) is 9.87. The van der Waals surface area contributed by atoms with Gasteiger partial charge in [0.25, 0.3) is 5.91 Å². The minimum absolute atomic E-state index is 0.0490. The Balaban J connectivity index is 1.82. The molecule has 0 atom stereocenters. The second-order valence-corrected chi connectivity index (χ2v) is 7.16. The summed E-state index contributed by atoms with van der Waals surface area (Å²) in [6.07, 6.45) is 2.65. The van der Waals surface area contributed by atoms with E-state index >= 15 is 0 Å². The Morgan fingerprint density at radius 2 is 1.77 bits per heavy atom. The molecule has 0 aliphatic rings. The van der Waals surface area contributed by atoms with Gasteiger partial charge in [-0.1, -0.05) is 31.2 Å². The van der Waals surface area contributed by atoms with Crippen molar-refractivity contribution < 1.29 is 18.4 Å². The van der Waals surface area contributed by atoms with Gasteiger partial charge in [0.2, 0.25) is 5.91 Å². The van der Waals surface area contributed by atoms with Crippen LogP contribution in [0.5, 0.6) is 0 Å². The highest BCUT2D eigenvalue weighted by Crippen LogP contribution is 2.22. The summed E-state index contributed by atoms with van der Waals surface area (Å²) < 4.78 is 18.9. The molecule has 0 aliphatic carbocycles. The highest BCUT2D eigenvalue weighted by Gasteiger charge is 2.21. The Morgan fingerprint density at radius 3 is 2.40 bits per heavy atom. The van der Waals surface area contributed by atoms with Gasteiger partial charge in [0, 0.05) is 19.3 Å². The molecule has 3 rings (SSSR count). The average molecular weight is 408 g/mol. The molecular weight excluding hydrogens is 383 g/mol. The molecule has 5 nitrogen and oxygen atoms in total. The minimum atomic E-state index is -0.358. The first-order chi connectivity index (χ1) is 14.5. The standard InChI is InChI=1S/C24H25FN2O3/c1-3-13-26(2)23(28)16-18-9-11-21(12-10-18)27(24(29)22-8-5-14-30-22)17-19-6-4-7-20(25)15-19/h4-12,14-15H,3,13,16-17H2,1-2H3. The zero-order valence-corrected chi connectivity index (χ0v) is 17.2. The van der Waals surface area contributed by atoms with Crippen LogP contribution in [-0.4, -0.2) is 30.3 Å². The van der Waals surface area contributed by atoms with Gasteiger partial charge in [-0.25, -0.2) is 4.39 Å². The lowest BCUT2D eigenvalue weighted by Gasteiger charge is -2.22. The number of anilines is 1. The number of carbonyl (C=O) groups is 2. The molecule has 1 aromatic heterocycles. The van der Waals surface area contributed by atoms with Crippen molar-refractivity contribution in [3.05, 3.63) is 89.6 Å². The predicted molar refractivity (Wildman–Crippen MR) is 114 cm³/mol. The number of hydrogen-bond donors (Lipinski definition) is 0. The molecule has 0 fully saturated rings. The van der Waals surface area contributed by atoms with E-state index in [0.717, 1.165) is 18.5 Å². The lowest BCUT2D eigenvalue weighted by molar-refractivity contribution is -0.129. The number of furan rings is 1. The maximum absolute atomic E-state index is 13.6. The summed E-state index contributed by atoms with van der Waals surface area (Å²) in [5.74, 6) is -0.432. The molecule has 30 heavy (non-hydrogen) atoms. The first kappa shape index (κ1) is 21.3. The van der Waals surface area contributed by atoms with Crippen LogP contribution in [0.15, 0.2) is 71.3 Å². The van der Waals surface area contributed by atoms with E-state index in [1.807, 2.05) is 19.1 Å². The predicted octanol–water partition coefficient (Wildman–Crippen LogP) is 4.68. The summed E-state index contributed by atoms with van der Waals surface area (Å²) in [5.41, 5.74) is 2.16. The number of halogens is 1. The molecule has 0 saturated heterocycles. The van der Waals surface area contributed by atoms with E-state index in [0.29, 0.717) is 17.7 Å². The topological polar surface area (TPSA) is 53.8 Å². The normalized spacial score (nSPS) is 10.6. The fourth-order valence-corrected chi connectivity index (χ4v) is 3.19. The van der Waals surface area contributed by atoms with Crippen LogP contribution in [0.4, 0.5) is 10.1 Å². The van der Waals surface area contributed by atoms with Gasteiger partial charge in [0.15, 0.2) is 5.76 Å². The van der Waals surface area contributed by atoms with Crippen molar-refractivity contribution in [3.8, 4) is 0 Å². The molecule has 3 aromatic rings. The van der Waals surface area contributed by atoms with Crippen LogP contribution in [0.25, 0.3) is 0 Å². The SMILES string of the molecule is CCCN(C)C(=O)Cc1ccc(N(Cc2cccc(F)c2)C(=O)c2ccco2)cc1. The van der Waals surface area contributed by atoms with E-state index in [4.69, 9.17) is 4.42 Å². The van der Waals surface area contributed by atoms with E-state index < -0.39 is 0 Å². The molecule has 0 unspecified atom stereocenters. The molecule has 2 aromatic carbocycles. The third-order valence-electron chi connectivity index (χ3n) is 4.79. The molecule has 0 N–H and O–H groups in total. The van der Waals surface area contributed by atoms with Crippen molar-refractivity contribution >= 4 is 17.5 Å². The number of benzene rings is 2. The zero-order valence-electron chi connectivity index (χ0n) is 17.2. The van der Waals surface area contributed by atoms with E-state index in [9.17, 15) is 14.0 Å². The number of hydrogen-bond acceptors (Lipinski definition) is 3. The van der Waals surface area contributed by atoms with Crippen LogP contribution >= 0.6 is 0 Å². The Bertz CT molecular complexity index is 984. The molecule has 0 radical (unpaired) electrons. The van der Waals surface area contributed by atoms with Gasteiger partial charge < -0.3 is 14.2 Å². The Morgan fingerprint density at radius 1 is 1.00 bits per heavy atom. The monoisotopic (exact) mass is 408 g/mol. The molecule has 0 aliphatic heterocycles. The molecule has 0 spiro atoms. The Labute approximate surface area is 175 Å². The van der Waals surface area contributed by atoms with Gasteiger partial charge in [-0.05, 0) is 53.9 Å². The second-order valence-electron chi connectivity index (χ2n) is 7.16. The quantitative estimate of drug-likeness (QED) is 0.544. The molecular formula is C24H25FN2O3.